The van der Waals surface area contributed by atoms with Crippen LogP contribution in [0, 0.1) is 5.92 Å². The summed E-state index contributed by atoms with van der Waals surface area (Å²) in [6.07, 6.45) is 3.17. The van der Waals surface area contributed by atoms with Crippen molar-refractivity contribution in [3.63, 3.8) is 0 Å². The van der Waals surface area contributed by atoms with Crippen molar-refractivity contribution < 1.29 is 14.3 Å². The van der Waals surface area contributed by atoms with Crippen LogP contribution in [0.3, 0.4) is 0 Å². The molecule has 0 heterocycles. The molecule has 0 bridgehead atoms. The summed E-state index contributed by atoms with van der Waals surface area (Å²) in [5, 5.41) is 0.155. The van der Waals surface area contributed by atoms with Gasteiger partial charge in [-0.1, -0.05) is 55.5 Å². The largest absolute Gasteiger partial charge is 0.418 e. The van der Waals surface area contributed by atoms with Gasteiger partial charge in [0.25, 0.3) is 0 Å². The molecule has 1 amide bonds. The molecule has 32 heavy (non-hydrogen) atoms. The van der Waals surface area contributed by atoms with Crippen LogP contribution in [0.4, 0.5) is 4.79 Å². The number of hydrogen-bond donors (Lipinski definition) is 0. The molecule has 0 aliphatic rings. The molecule has 3 atom stereocenters. The molecule has 2 aromatic rings. The topological polar surface area (TPSA) is 38.8 Å². The summed E-state index contributed by atoms with van der Waals surface area (Å²) in [6, 6.07) is 20.7. The van der Waals surface area contributed by atoms with Gasteiger partial charge in [-0.2, -0.15) is 0 Å². The lowest BCUT2D eigenvalue weighted by Gasteiger charge is -2.29. The maximum atomic E-state index is 12.5. The monoisotopic (exact) mass is 455 g/mol. The van der Waals surface area contributed by atoms with Crippen LogP contribution in [0.2, 0.25) is 0 Å². The summed E-state index contributed by atoms with van der Waals surface area (Å²) in [5.41, 5.74) is 1.15. The van der Waals surface area contributed by atoms with Crippen LogP contribution in [0.1, 0.15) is 47.1 Å². The summed E-state index contributed by atoms with van der Waals surface area (Å²) in [7, 11) is 0. The van der Waals surface area contributed by atoms with E-state index < -0.39 is 0 Å². The highest BCUT2D eigenvalue weighted by Gasteiger charge is 2.25. The van der Waals surface area contributed by atoms with Crippen molar-refractivity contribution in [1.29, 1.82) is 0 Å². The number of ether oxygens (including phenoxy) is 2. The average molecular weight is 456 g/mol. The number of carbonyl (C=O) groups excluding carboxylic acids is 1. The second kappa shape index (κ2) is 13.3. The summed E-state index contributed by atoms with van der Waals surface area (Å²) in [5.74, 6) is 0.130. The van der Waals surface area contributed by atoms with E-state index in [2.05, 4.69) is 38.1 Å². The minimum Gasteiger partial charge on any atom is -0.418 e. The zero-order valence-electron chi connectivity index (χ0n) is 20.1. The summed E-state index contributed by atoms with van der Waals surface area (Å²) >= 11 is 1.79. The Morgan fingerprint density at radius 1 is 0.906 bits per heavy atom. The Kier molecular flexibility index (Phi) is 10.8. The Morgan fingerprint density at radius 2 is 1.47 bits per heavy atom. The maximum Gasteiger partial charge on any atom is 0.415 e. The molecule has 0 unspecified atom stereocenters. The molecule has 0 N–H and O–H groups in total. The Labute approximate surface area is 198 Å². The van der Waals surface area contributed by atoms with E-state index >= 15 is 0 Å². The van der Waals surface area contributed by atoms with Crippen LogP contribution < -0.4 is 0 Å². The summed E-state index contributed by atoms with van der Waals surface area (Å²) in [6.45, 7) is 12.8. The number of nitrogens with zero attached hydrogens (tertiary/aromatic N) is 1. The summed E-state index contributed by atoms with van der Waals surface area (Å²) in [4.78, 5) is 15.4. The lowest BCUT2D eigenvalue weighted by molar-refractivity contribution is 0.0460. The van der Waals surface area contributed by atoms with Crippen molar-refractivity contribution in [2.75, 3.05) is 0 Å². The molecule has 0 fully saturated rings. The number of rotatable bonds is 11. The van der Waals surface area contributed by atoms with Crippen LogP contribution in [0.25, 0.3) is 0 Å². The molecule has 174 valence electrons. The molecule has 0 aromatic heterocycles. The van der Waals surface area contributed by atoms with Gasteiger partial charge in [0.2, 0.25) is 0 Å². The Morgan fingerprint density at radius 3 is 2.03 bits per heavy atom. The van der Waals surface area contributed by atoms with Gasteiger partial charge >= 0.3 is 6.09 Å². The van der Waals surface area contributed by atoms with E-state index in [1.807, 2.05) is 70.2 Å². The van der Waals surface area contributed by atoms with E-state index in [1.54, 1.807) is 16.7 Å². The predicted molar refractivity (Wildman–Crippen MR) is 134 cm³/mol. The molecule has 2 rings (SSSR count). The molecule has 0 radical (unpaired) electrons. The fraction of sp³-hybridized carbons (Fsp3) is 0.444. The van der Waals surface area contributed by atoms with Crippen LogP contribution in [0.15, 0.2) is 77.9 Å². The highest BCUT2D eigenvalue weighted by atomic mass is 32.2. The first kappa shape index (κ1) is 26.0. The smallest absolute Gasteiger partial charge is 0.415 e. The number of thioether (sulfide) groups is 1. The number of amides is 1. The Hall–Kier alpha value is -2.24. The van der Waals surface area contributed by atoms with Gasteiger partial charge in [0.05, 0.1) is 19.0 Å². The van der Waals surface area contributed by atoms with E-state index in [-0.39, 0.29) is 35.4 Å². The minimum absolute atomic E-state index is 0.00131. The SMILES string of the molecule is CC(C)N(C(=O)O/C=C\[C@H](C)[C@@H](Sc1ccccc1)[C@H](C)OCc1ccccc1)C(C)C. The lowest BCUT2D eigenvalue weighted by atomic mass is 10.0. The van der Waals surface area contributed by atoms with Crippen molar-refractivity contribution >= 4 is 17.9 Å². The first-order valence-electron chi connectivity index (χ1n) is 11.3. The molecule has 0 aliphatic heterocycles. The van der Waals surface area contributed by atoms with Crippen molar-refractivity contribution in [1.82, 2.24) is 4.90 Å². The molecule has 0 saturated carbocycles. The zero-order chi connectivity index (χ0) is 23.5. The predicted octanol–water partition coefficient (Wildman–Crippen LogP) is 7.16. The number of carbonyl (C=O) groups is 1. The standard InChI is InChI=1S/C27H37NO3S/c1-20(2)28(21(3)4)27(29)30-18-17-22(5)26(32-25-15-11-8-12-16-25)23(6)31-19-24-13-9-7-10-14-24/h7-18,20-23,26H,19H2,1-6H3/b18-17-/t22-,23-,26+/m0/s1. The van der Waals surface area contributed by atoms with E-state index in [0.29, 0.717) is 6.61 Å². The van der Waals surface area contributed by atoms with Crippen LogP contribution >= 0.6 is 11.8 Å². The Bertz CT molecular complexity index is 815. The first-order chi connectivity index (χ1) is 15.3. The number of benzene rings is 2. The van der Waals surface area contributed by atoms with E-state index in [1.165, 1.54) is 11.2 Å². The summed E-state index contributed by atoms with van der Waals surface area (Å²) < 4.78 is 11.7. The zero-order valence-corrected chi connectivity index (χ0v) is 20.9. The van der Waals surface area contributed by atoms with E-state index in [0.717, 1.165) is 5.56 Å². The van der Waals surface area contributed by atoms with E-state index in [4.69, 9.17) is 9.47 Å². The molecule has 4 nitrogen and oxygen atoms in total. The first-order valence-corrected chi connectivity index (χ1v) is 12.2. The third-order valence-corrected chi connectivity index (χ3v) is 6.86. The van der Waals surface area contributed by atoms with Gasteiger partial charge in [0.15, 0.2) is 0 Å². The van der Waals surface area contributed by atoms with Gasteiger partial charge < -0.3 is 14.4 Å². The van der Waals surface area contributed by atoms with Crippen molar-refractivity contribution in [3.8, 4) is 0 Å². The van der Waals surface area contributed by atoms with Crippen LogP contribution in [-0.4, -0.2) is 34.4 Å². The quantitative estimate of drug-likeness (QED) is 0.266. The van der Waals surface area contributed by atoms with Gasteiger partial charge in [-0.3, -0.25) is 0 Å². The third kappa shape index (κ3) is 8.36. The average Bonchev–Trinajstić information content (AvgIpc) is 2.76. The maximum absolute atomic E-state index is 12.5. The van der Waals surface area contributed by atoms with Crippen LogP contribution in [-0.2, 0) is 16.1 Å². The van der Waals surface area contributed by atoms with Crippen molar-refractivity contribution in [2.24, 2.45) is 5.92 Å². The van der Waals surface area contributed by atoms with E-state index in [9.17, 15) is 4.79 Å². The molecule has 0 aliphatic carbocycles. The van der Waals surface area contributed by atoms with Crippen LogP contribution in [0.5, 0.6) is 0 Å². The lowest BCUT2D eigenvalue weighted by Crippen LogP contribution is -2.41. The van der Waals surface area contributed by atoms with Gasteiger partial charge in [-0.25, -0.2) is 4.79 Å². The number of hydrogen-bond acceptors (Lipinski definition) is 4. The third-order valence-electron chi connectivity index (χ3n) is 5.23. The highest BCUT2D eigenvalue weighted by molar-refractivity contribution is 8.00. The van der Waals surface area contributed by atoms with Gasteiger partial charge in [-0.15, -0.1) is 11.8 Å². The molecular formula is C27H37NO3S. The normalized spacial score (nSPS) is 14.5. The van der Waals surface area contributed by atoms with Gasteiger partial charge in [0.1, 0.15) is 0 Å². The molecule has 5 heteroatoms. The van der Waals surface area contributed by atoms with Crippen molar-refractivity contribution in [3.05, 3.63) is 78.6 Å². The molecule has 2 aromatic carbocycles. The fourth-order valence-corrected chi connectivity index (χ4v) is 4.80. The Balaban J connectivity index is 2.06. The fourth-order valence-electron chi connectivity index (χ4n) is 3.59. The number of allylic oxidation sites excluding steroid dienone is 1. The second-order valence-electron chi connectivity index (χ2n) is 8.56. The second-order valence-corrected chi connectivity index (χ2v) is 9.81. The molecule has 0 saturated heterocycles. The molecular weight excluding hydrogens is 418 g/mol. The highest BCUT2D eigenvalue weighted by Crippen LogP contribution is 2.32. The van der Waals surface area contributed by atoms with Gasteiger partial charge in [-0.05, 0) is 64.3 Å². The minimum atomic E-state index is -0.320. The van der Waals surface area contributed by atoms with Gasteiger partial charge in [0, 0.05) is 22.2 Å². The molecule has 0 spiro atoms. The van der Waals surface area contributed by atoms with Crippen molar-refractivity contribution in [2.45, 2.75) is 76.5 Å².